The molecule has 0 radical (unpaired) electrons. The van der Waals surface area contributed by atoms with E-state index in [-0.39, 0.29) is 5.91 Å². The lowest BCUT2D eigenvalue weighted by atomic mass is 9.99. The van der Waals surface area contributed by atoms with Crippen LogP contribution in [0.15, 0.2) is 78.9 Å². The second-order valence-corrected chi connectivity index (χ2v) is 6.85. The predicted molar refractivity (Wildman–Crippen MR) is 114 cm³/mol. The second kappa shape index (κ2) is 9.72. The fraction of sp³-hybridized carbons (Fsp3) is 0.208. The summed E-state index contributed by atoms with van der Waals surface area (Å²) >= 11 is 0. The third kappa shape index (κ3) is 5.21. The number of hydrogen-bond acceptors (Lipinski definition) is 3. The molecule has 3 aromatic carbocycles. The normalized spacial score (nSPS) is 10.7. The summed E-state index contributed by atoms with van der Waals surface area (Å²) in [6.45, 7) is 1.86. The monoisotopic (exact) mass is 374 g/mol. The number of likely N-dealkylation sites (N-methyl/N-ethyl adjacent to an activating group) is 1. The van der Waals surface area contributed by atoms with Crippen LogP contribution in [-0.4, -0.2) is 38.1 Å². The Kier molecular flexibility index (Phi) is 6.82. The maximum atomic E-state index is 12.9. The van der Waals surface area contributed by atoms with Gasteiger partial charge in [0.2, 0.25) is 0 Å². The van der Waals surface area contributed by atoms with Gasteiger partial charge in [-0.15, -0.1) is 0 Å². The average Bonchev–Trinajstić information content (AvgIpc) is 2.73. The van der Waals surface area contributed by atoms with Crippen molar-refractivity contribution in [2.24, 2.45) is 0 Å². The molecule has 4 nitrogen and oxygen atoms in total. The van der Waals surface area contributed by atoms with Crippen LogP contribution < -0.4 is 10.1 Å². The molecule has 1 N–H and O–H groups in total. The molecular formula is C24H26N2O2. The van der Waals surface area contributed by atoms with E-state index in [0.29, 0.717) is 18.7 Å². The maximum Gasteiger partial charge on any atom is 0.252 e. The zero-order chi connectivity index (χ0) is 19.8. The number of hydrogen-bond donors (Lipinski definition) is 1. The summed E-state index contributed by atoms with van der Waals surface area (Å²) in [5, 5.41) is 3.04. The molecule has 0 bridgehead atoms. The first-order valence-corrected chi connectivity index (χ1v) is 9.43. The van der Waals surface area contributed by atoms with Crippen molar-refractivity contribution in [2.45, 2.75) is 6.54 Å². The van der Waals surface area contributed by atoms with Gasteiger partial charge < -0.3 is 15.0 Å². The molecule has 0 fully saturated rings. The van der Waals surface area contributed by atoms with Crippen LogP contribution in [0.2, 0.25) is 0 Å². The molecule has 0 aromatic heterocycles. The van der Waals surface area contributed by atoms with E-state index in [0.717, 1.165) is 29.0 Å². The molecule has 0 aliphatic rings. The lowest BCUT2D eigenvalue weighted by molar-refractivity contribution is 0.0951. The van der Waals surface area contributed by atoms with Crippen molar-refractivity contribution in [1.82, 2.24) is 10.2 Å². The SMILES string of the molecule is CN(C)CCOc1ccccc1CNC(=O)c1ccccc1-c1ccccc1. The summed E-state index contributed by atoms with van der Waals surface area (Å²) < 4.78 is 5.89. The van der Waals surface area contributed by atoms with E-state index in [2.05, 4.69) is 10.2 Å². The smallest absolute Gasteiger partial charge is 0.252 e. The molecule has 0 aliphatic carbocycles. The van der Waals surface area contributed by atoms with E-state index >= 15 is 0 Å². The highest BCUT2D eigenvalue weighted by atomic mass is 16.5. The van der Waals surface area contributed by atoms with Crippen molar-refractivity contribution in [3.05, 3.63) is 90.0 Å². The number of benzene rings is 3. The first-order valence-electron chi connectivity index (χ1n) is 9.43. The van der Waals surface area contributed by atoms with Gasteiger partial charge in [0.25, 0.3) is 5.91 Å². The Morgan fingerprint density at radius 2 is 1.57 bits per heavy atom. The summed E-state index contributed by atoms with van der Waals surface area (Å²) in [5.41, 5.74) is 3.59. The zero-order valence-corrected chi connectivity index (χ0v) is 16.4. The first kappa shape index (κ1) is 19.6. The van der Waals surface area contributed by atoms with Gasteiger partial charge in [0.15, 0.2) is 0 Å². The zero-order valence-electron chi connectivity index (χ0n) is 16.4. The van der Waals surface area contributed by atoms with Gasteiger partial charge in [-0.05, 0) is 37.4 Å². The topological polar surface area (TPSA) is 41.6 Å². The van der Waals surface area contributed by atoms with E-state index in [1.807, 2.05) is 93.0 Å². The van der Waals surface area contributed by atoms with E-state index < -0.39 is 0 Å². The third-order valence-electron chi connectivity index (χ3n) is 4.46. The van der Waals surface area contributed by atoms with Gasteiger partial charge in [-0.25, -0.2) is 0 Å². The largest absolute Gasteiger partial charge is 0.492 e. The van der Waals surface area contributed by atoms with Crippen LogP contribution in [0.3, 0.4) is 0 Å². The number of nitrogens with one attached hydrogen (secondary N) is 1. The number of carbonyl (C=O) groups is 1. The number of nitrogens with zero attached hydrogens (tertiary/aromatic N) is 1. The Morgan fingerprint density at radius 1 is 0.893 bits per heavy atom. The second-order valence-electron chi connectivity index (χ2n) is 6.85. The number of para-hydroxylation sites is 1. The minimum Gasteiger partial charge on any atom is -0.492 e. The van der Waals surface area contributed by atoms with Crippen molar-refractivity contribution in [3.8, 4) is 16.9 Å². The summed E-state index contributed by atoms with van der Waals surface area (Å²) in [7, 11) is 4.03. The number of carbonyl (C=O) groups excluding carboxylic acids is 1. The quantitative estimate of drug-likeness (QED) is 0.642. The highest BCUT2D eigenvalue weighted by molar-refractivity contribution is 6.00. The van der Waals surface area contributed by atoms with E-state index in [1.165, 1.54) is 0 Å². The maximum absolute atomic E-state index is 12.9. The molecule has 0 spiro atoms. The summed E-state index contributed by atoms with van der Waals surface area (Å²) in [6, 6.07) is 25.4. The molecule has 3 aromatic rings. The third-order valence-corrected chi connectivity index (χ3v) is 4.46. The molecule has 0 saturated carbocycles. The molecule has 1 amide bonds. The molecule has 0 unspecified atom stereocenters. The molecular weight excluding hydrogens is 348 g/mol. The van der Waals surface area contributed by atoms with E-state index in [4.69, 9.17) is 4.74 Å². The fourth-order valence-corrected chi connectivity index (χ4v) is 2.95. The molecule has 0 atom stereocenters. The van der Waals surface area contributed by atoms with Crippen LogP contribution in [0.5, 0.6) is 5.75 Å². The molecule has 0 saturated heterocycles. The number of ether oxygens (including phenoxy) is 1. The lowest BCUT2D eigenvalue weighted by Crippen LogP contribution is -2.24. The Balaban J connectivity index is 1.71. The van der Waals surface area contributed by atoms with Gasteiger partial charge in [0, 0.05) is 24.2 Å². The van der Waals surface area contributed by atoms with Gasteiger partial charge in [0.1, 0.15) is 12.4 Å². The summed E-state index contributed by atoms with van der Waals surface area (Å²) in [5.74, 6) is 0.712. The van der Waals surface area contributed by atoms with Crippen LogP contribution in [-0.2, 0) is 6.54 Å². The average molecular weight is 374 g/mol. The fourth-order valence-electron chi connectivity index (χ4n) is 2.95. The van der Waals surface area contributed by atoms with Crippen molar-refractivity contribution in [3.63, 3.8) is 0 Å². The minimum absolute atomic E-state index is 0.0949. The van der Waals surface area contributed by atoms with Gasteiger partial charge in [-0.3, -0.25) is 4.79 Å². The number of rotatable bonds is 8. The highest BCUT2D eigenvalue weighted by Crippen LogP contribution is 2.24. The van der Waals surface area contributed by atoms with Crippen molar-refractivity contribution >= 4 is 5.91 Å². The van der Waals surface area contributed by atoms with Crippen LogP contribution in [0.25, 0.3) is 11.1 Å². The van der Waals surface area contributed by atoms with Gasteiger partial charge >= 0.3 is 0 Å². The molecule has 0 heterocycles. The Morgan fingerprint density at radius 3 is 2.36 bits per heavy atom. The molecule has 0 aliphatic heterocycles. The van der Waals surface area contributed by atoms with Crippen LogP contribution in [0.4, 0.5) is 0 Å². The van der Waals surface area contributed by atoms with E-state index in [1.54, 1.807) is 0 Å². The van der Waals surface area contributed by atoms with Crippen LogP contribution in [0.1, 0.15) is 15.9 Å². The van der Waals surface area contributed by atoms with Crippen molar-refractivity contribution < 1.29 is 9.53 Å². The standard InChI is InChI=1S/C24H26N2O2/c1-26(2)16-17-28-23-15-9-6-12-20(23)18-25-24(27)22-14-8-7-13-21(22)19-10-4-3-5-11-19/h3-15H,16-18H2,1-2H3,(H,25,27). The van der Waals surface area contributed by atoms with Crippen LogP contribution >= 0.6 is 0 Å². The summed E-state index contributed by atoms with van der Waals surface area (Å²) in [4.78, 5) is 14.9. The Labute approximate surface area is 166 Å². The van der Waals surface area contributed by atoms with Crippen LogP contribution in [0, 0.1) is 0 Å². The van der Waals surface area contributed by atoms with Gasteiger partial charge in [-0.2, -0.15) is 0 Å². The summed E-state index contributed by atoms with van der Waals surface area (Å²) in [6.07, 6.45) is 0. The molecule has 3 rings (SSSR count). The van der Waals surface area contributed by atoms with E-state index in [9.17, 15) is 4.79 Å². The van der Waals surface area contributed by atoms with Gasteiger partial charge in [-0.1, -0.05) is 66.7 Å². The molecule has 144 valence electrons. The first-order chi connectivity index (χ1) is 13.6. The molecule has 4 heteroatoms. The predicted octanol–water partition coefficient (Wildman–Crippen LogP) is 4.22. The van der Waals surface area contributed by atoms with Crippen molar-refractivity contribution in [2.75, 3.05) is 27.2 Å². The highest BCUT2D eigenvalue weighted by Gasteiger charge is 2.13. The molecule has 28 heavy (non-hydrogen) atoms. The van der Waals surface area contributed by atoms with Crippen molar-refractivity contribution in [1.29, 1.82) is 0 Å². The number of amides is 1. The lowest BCUT2D eigenvalue weighted by Gasteiger charge is -2.15. The van der Waals surface area contributed by atoms with Gasteiger partial charge in [0.05, 0.1) is 0 Å². The Bertz CT molecular complexity index is 907. The minimum atomic E-state index is -0.0949. The Hall–Kier alpha value is -3.11.